The number of hydrogen-bond acceptors (Lipinski definition) is 5. The summed E-state index contributed by atoms with van der Waals surface area (Å²) < 4.78 is 39.3. The molecule has 0 aliphatic carbocycles. The number of carbonyl (C=O) groups is 1. The van der Waals surface area contributed by atoms with Crippen molar-refractivity contribution in [2.45, 2.75) is 12.7 Å². The first-order valence-electron chi connectivity index (χ1n) is 9.62. The van der Waals surface area contributed by atoms with Crippen molar-refractivity contribution in [3.05, 3.63) is 88.1 Å². The van der Waals surface area contributed by atoms with Crippen molar-refractivity contribution in [2.75, 3.05) is 0 Å². The number of rotatable bonds is 5. The Morgan fingerprint density at radius 1 is 1.03 bits per heavy atom. The molecule has 4 rings (SSSR count). The number of aromatic hydroxyl groups is 1. The van der Waals surface area contributed by atoms with Gasteiger partial charge in [-0.2, -0.15) is 13.2 Å². The SMILES string of the molecule is O=C(NCc1ccc(-c2ccc(C(F)(F)F)cn2)cc1)c1ncn(-c2cc(Cl)c(O)c(Cl)c2)n1. The topological polar surface area (TPSA) is 92.9 Å². The average Bonchev–Trinajstić information content (AvgIpc) is 3.31. The van der Waals surface area contributed by atoms with Gasteiger partial charge >= 0.3 is 6.18 Å². The highest BCUT2D eigenvalue weighted by molar-refractivity contribution is 6.37. The van der Waals surface area contributed by atoms with E-state index in [0.717, 1.165) is 17.8 Å². The van der Waals surface area contributed by atoms with Gasteiger partial charge < -0.3 is 10.4 Å². The molecule has 2 N–H and O–H groups in total. The number of amides is 1. The summed E-state index contributed by atoms with van der Waals surface area (Å²) in [5, 5.41) is 16.5. The van der Waals surface area contributed by atoms with E-state index in [1.807, 2.05) is 0 Å². The van der Waals surface area contributed by atoms with Crippen LogP contribution in [-0.2, 0) is 12.7 Å². The van der Waals surface area contributed by atoms with Crippen molar-refractivity contribution in [2.24, 2.45) is 0 Å². The van der Waals surface area contributed by atoms with Gasteiger partial charge in [0.2, 0.25) is 5.82 Å². The van der Waals surface area contributed by atoms with Crippen LogP contribution in [0, 0.1) is 0 Å². The highest BCUT2D eigenvalue weighted by Gasteiger charge is 2.30. The lowest BCUT2D eigenvalue weighted by molar-refractivity contribution is -0.137. The van der Waals surface area contributed by atoms with Gasteiger partial charge in [0.15, 0.2) is 5.75 Å². The molecule has 0 aliphatic rings. The number of hydrogen-bond donors (Lipinski definition) is 2. The van der Waals surface area contributed by atoms with Crippen LogP contribution in [0.3, 0.4) is 0 Å². The van der Waals surface area contributed by atoms with Gasteiger partial charge in [-0.25, -0.2) is 9.67 Å². The number of benzene rings is 2. The van der Waals surface area contributed by atoms with Gasteiger partial charge in [-0.1, -0.05) is 47.5 Å². The van der Waals surface area contributed by atoms with E-state index < -0.39 is 17.6 Å². The molecule has 2 aromatic carbocycles. The number of nitrogens with zero attached hydrogens (tertiary/aromatic N) is 4. The van der Waals surface area contributed by atoms with Gasteiger partial charge in [0.05, 0.1) is 27.0 Å². The predicted octanol–water partition coefficient (Wildman–Crippen LogP) is 5.29. The Morgan fingerprint density at radius 3 is 2.29 bits per heavy atom. The second-order valence-electron chi connectivity index (χ2n) is 7.08. The molecule has 0 radical (unpaired) electrons. The number of carbonyl (C=O) groups excluding carboxylic acids is 1. The fourth-order valence-corrected chi connectivity index (χ4v) is 3.44. The van der Waals surface area contributed by atoms with Gasteiger partial charge in [-0.3, -0.25) is 9.78 Å². The molecule has 2 heterocycles. The summed E-state index contributed by atoms with van der Waals surface area (Å²) in [6.45, 7) is 0.172. The van der Waals surface area contributed by atoms with E-state index >= 15 is 0 Å². The van der Waals surface area contributed by atoms with Crippen LogP contribution in [0.25, 0.3) is 16.9 Å². The molecule has 174 valence electrons. The monoisotopic (exact) mass is 507 g/mol. The van der Waals surface area contributed by atoms with E-state index in [1.54, 1.807) is 24.3 Å². The zero-order valence-corrected chi connectivity index (χ0v) is 18.5. The molecule has 4 aromatic rings. The third-order valence-corrected chi connectivity index (χ3v) is 5.33. The molecule has 0 saturated heterocycles. The first-order valence-corrected chi connectivity index (χ1v) is 10.4. The normalized spacial score (nSPS) is 11.4. The van der Waals surface area contributed by atoms with E-state index in [0.29, 0.717) is 16.9 Å². The molecule has 0 fully saturated rings. The predicted molar refractivity (Wildman–Crippen MR) is 119 cm³/mol. The van der Waals surface area contributed by atoms with Crippen LogP contribution < -0.4 is 5.32 Å². The molecule has 0 bridgehead atoms. The zero-order chi connectivity index (χ0) is 24.5. The minimum atomic E-state index is -4.44. The molecule has 0 saturated carbocycles. The number of halogens is 5. The van der Waals surface area contributed by atoms with E-state index in [2.05, 4.69) is 20.4 Å². The van der Waals surface area contributed by atoms with Gasteiger partial charge in [0.1, 0.15) is 6.33 Å². The highest BCUT2D eigenvalue weighted by Crippen LogP contribution is 2.33. The third-order valence-electron chi connectivity index (χ3n) is 4.75. The van der Waals surface area contributed by atoms with E-state index in [-0.39, 0.29) is 28.2 Å². The number of nitrogens with one attached hydrogen (secondary N) is 1. The molecule has 0 aliphatic heterocycles. The lowest BCUT2D eigenvalue weighted by Crippen LogP contribution is -2.24. The van der Waals surface area contributed by atoms with E-state index in [4.69, 9.17) is 23.2 Å². The Kier molecular flexibility index (Phi) is 6.45. The molecule has 0 atom stereocenters. The summed E-state index contributed by atoms with van der Waals surface area (Å²) in [6, 6.07) is 12.0. The Labute approximate surface area is 200 Å². The first kappa shape index (κ1) is 23.5. The number of phenols is 1. The summed E-state index contributed by atoms with van der Waals surface area (Å²) in [4.78, 5) is 20.2. The fraction of sp³-hybridized carbons (Fsp3) is 0.0909. The molecule has 12 heteroatoms. The maximum Gasteiger partial charge on any atom is 0.417 e. The zero-order valence-electron chi connectivity index (χ0n) is 17.0. The van der Waals surface area contributed by atoms with E-state index in [1.165, 1.54) is 29.2 Å². The largest absolute Gasteiger partial charge is 0.505 e. The molecule has 7 nitrogen and oxygen atoms in total. The highest BCUT2D eigenvalue weighted by atomic mass is 35.5. The average molecular weight is 508 g/mol. The van der Waals surface area contributed by atoms with Crippen molar-refractivity contribution in [1.29, 1.82) is 0 Å². The molecule has 1 amide bonds. The summed E-state index contributed by atoms with van der Waals surface area (Å²) in [7, 11) is 0. The number of aromatic nitrogens is 4. The quantitative estimate of drug-likeness (QED) is 0.382. The Balaban J connectivity index is 1.39. The van der Waals surface area contributed by atoms with Crippen LogP contribution in [-0.4, -0.2) is 30.8 Å². The Morgan fingerprint density at radius 2 is 1.71 bits per heavy atom. The molecule has 0 unspecified atom stereocenters. The van der Waals surface area contributed by atoms with Crippen LogP contribution in [0.15, 0.2) is 61.1 Å². The molecule has 0 spiro atoms. The summed E-state index contributed by atoms with van der Waals surface area (Å²) >= 11 is 11.8. The standard InChI is InChI=1S/C22H14Cl2F3N5O2/c23-16-7-15(8-17(24)19(16)33)32-11-30-20(31-32)21(34)29-9-12-1-3-13(4-2-12)18-6-5-14(10-28-18)22(25,26)27/h1-8,10-11,33H,9H2,(H,29,34). The summed E-state index contributed by atoms with van der Waals surface area (Å²) in [6.07, 6.45) is -2.35. The fourth-order valence-electron chi connectivity index (χ4n) is 2.96. The van der Waals surface area contributed by atoms with Crippen molar-refractivity contribution >= 4 is 29.1 Å². The Bertz CT molecular complexity index is 1320. The number of alkyl halides is 3. The van der Waals surface area contributed by atoms with Crippen molar-refractivity contribution in [1.82, 2.24) is 25.1 Å². The van der Waals surface area contributed by atoms with E-state index in [9.17, 15) is 23.1 Å². The molecular formula is C22H14Cl2F3N5O2. The Hall–Kier alpha value is -3.63. The number of phenolic OH excluding ortho intramolecular Hbond substituents is 1. The summed E-state index contributed by atoms with van der Waals surface area (Å²) in [5.74, 6) is -0.876. The van der Waals surface area contributed by atoms with Crippen LogP contribution in [0.4, 0.5) is 13.2 Å². The second kappa shape index (κ2) is 9.32. The van der Waals surface area contributed by atoms with Crippen LogP contribution in [0.2, 0.25) is 10.0 Å². The maximum atomic E-state index is 12.7. The minimum absolute atomic E-state index is 0.0268. The van der Waals surface area contributed by atoms with Crippen LogP contribution in [0.5, 0.6) is 5.75 Å². The summed E-state index contributed by atoms with van der Waals surface area (Å²) in [5.41, 5.74) is 1.37. The van der Waals surface area contributed by atoms with Gasteiger partial charge in [0.25, 0.3) is 5.91 Å². The van der Waals surface area contributed by atoms with Gasteiger partial charge in [-0.15, -0.1) is 5.10 Å². The van der Waals surface area contributed by atoms with Crippen molar-refractivity contribution in [3.8, 4) is 22.7 Å². The molecule has 2 aromatic heterocycles. The lowest BCUT2D eigenvalue weighted by Gasteiger charge is -2.08. The van der Waals surface area contributed by atoms with Crippen molar-refractivity contribution < 1.29 is 23.1 Å². The molecular weight excluding hydrogens is 494 g/mol. The number of pyridine rings is 1. The smallest absolute Gasteiger partial charge is 0.417 e. The van der Waals surface area contributed by atoms with Gasteiger partial charge in [-0.05, 0) is 29.8 Å². The maximum absolute atomic E-state index is 12.7. The van der Waals surface area contributed by atoms with Crippen molar-refractivity contribution in [3.63, 3.8) is 0 Å². The third kappa shape index (κ3) is 5.13. The lowest BCUT2D eigenvalue weighted by atomic mass is 10.1. The van der Waals surface area contributed by atoms with Crippen LogP contribution >= 0.6 is 23.2 Å². The molecule has 34 heavy (non-hydrogen) atoms. The second-order valence-corrected chi connectivity index (χ2v) is 7.89. The first-order chi connectivity index (χ1) is 16.1. The minimum Gasteiger partial charge on any atom is -0.505 e. The van der Waals surface area contributed by atoms with Crippen LogP contribution in [0.1, 0.15) is 21.7 Å². The van der Waals surface area contributed by atoms with Gasteiger partial charge in [0, 0.05) is 18.3 Å².